The van der Waals surface area contributed by atoms with Crippen LogP contribution in [0.3, 0.4) is 0 Å². The van der Waals surface area contributed by atoms with E-state index in [9.17, 15) is 4.79 Å². The Morgan fingerprint density at radius 2 is 1.66 bits per heavy atom. The Labute approximate surface area is 170 Å². The summed E-state index contributed by atoms with van der Waals surface area (Å²) < 4.78 is 18.3. The molecule has 1 saturated heterocycles. The molecule has 29 heavy (non-hydrogen) atoms. The van der Waals surface area contributed by atoms with Crippen LogP contribution in [0.15, 0.2) is 65.9 Å². The molecule has 2 aromatic carbocycles. The Morgan fingerprint density at radius 3 is 2.31 bits per heavy atom. The average Bonchev–Trinajstić information content (AvgIpc) is 3.06. The molecule has 2 aliphatic heterocycles. The summed E-state index contributed by atoms with van der Waals surface area (Å²) in [5.41, 5.74) is 3.92. The van der Waals surface area contributed by atoms with Crippen molar-refractivity contribution in [3.63, 3.8) is 0 Å². The second-order valence-corrected chi connectivity index (χ2v) is 8.45. The molecule has 4 nitrogen and oxygen atoms in total. The minimum Gasteiger partial charge on any atom is -0.500 e. The van der Waals surface area contributed by atoms with Crippen LogP contribution in [0.5, 0.6) is 0 Å². The molecular weight excluding hydrogens is 364 g/mol. The van der Waals surface area contributed by atoms with Crippen molar-refractivity contribution in [3.8, 4) is 0 Å². The molecule has 0 aromatic heterocycles. The van der Waals surface area contributed by atoms with Crippen LogP contribution in [-0.4, -0.2) is 25.6 Å². The van der Waals surface area contributed by atoms with E-state index in [-0.39, 0.29) is 35.9 Å². The summed E-state index contributed by atoms with van der Waals surface area (Å²) in [6.07, 6.45) is 0.559. The van der Waals surface area contributed by atoms with Gasteiger partial charge in [-0.3, -0.25) is 4.79 Å². The highest BCUT2D eigenvalue weighted by molar-refractivity contribution is 6.05. The molecule has 4 heteroatoms. The van der Waals surface area contributed by atoms with Crippen molar-refractivity contribution < 1.29 is 19.0 Å². The van der Waals surface area contributed by atoms with E-state index in [4.69, 9.17) is 14.2 Å². The van der Waals surface area contributed by atoms with E-state index in [1.807, 2.05) is 37.3 Å². The van der Waals surface area contributed by atoms with Gasteiger partial charge in [0.2, 0.25) is 0 Å². The second kappa shape index (κ2) is 6.04. The number of hydrogen-bond donors (Lipinski definition) is 0. The van der Waals surface area contributed by atoms with Crippen molar-refractivity contribution in [2.75, 3.05) is 13.7 Å². The number of ketones is 1. The molecule has 148 valence electrons. The number of Topliss-reactive ketones (excluding diaryl/α,β-unsaturated/α-hetero) is 1. The van der Waals surface area contributed by atoms with Gasteiger partial charge in [-0.25, -0.2) is 0 Å². The molecule has 6 atom stereocenters. The van der Waals surface area contributed by atoms with E-state index in [0.29, 0.717) is 6.61 Å². The lowest BCUT2D eigenvalue weighted by atomic mass is 9.76. The quantitative estimate of drug-likeness (QED) is 0.767. The van der Waals surface area contributed by atoms with E-state index in [1.165, 1.54) is 5.56 Å². The first-order valence-electron chi connectivity index (χ1n) is 10.5. The van der Waals surface area contributed by atoms with Crippen LogP contribution >= 0.6 is 0 Å². The van der Waals surface area contributed by atoms with Crippen LogP contribution in [0.25, 0.3) is 0 Å². The number of fused-ring (bicyclic) bond motifs is 8. The molecule has 0 amide bonds. The fourth-order valence-corrected chi connectivity index (χ4v) is 6.08. The fourth-order valence-electron chi connectivity index (χ4n) is 6.08. The monoisotopic (exact) mass is 388 g/mol. The Balaban J connectivity index is 1.50. The highest BCUT2D eigenvalue weighted by atomic mass is 16.5. The molecule has 4 aliphatic rings. The van der Waals surface area contributed by atoms with Crippen LogP contribution in [0.4, 0.5) is 0 Å². The average molecular weight is 388 g/mol. The van der Waals surface area contributed by atoms with Gasteiger partial charge in [-0.15, -0.1) is 0 Å². The number of methoxy groups -OCH3 is 1. The smallest absolute Gasteiger partial charge is 0.170 e. The SMILES string of the molecule is CCOC1CC1(C1=C(OC)C2C3OC(c4ccccc43)C2C1=O)c1ccccc1. The number of carbonyl (C=O) groups is 1. The summed E-state index contributed by atoms with van der Waals surface area (Å²) in [7, 11) is 1.69. The topological polar surface area (TPSA) is 44.8 Å². The maximum atomic E-state index is 13.9. The molecule has 6 rings (SSSR count). The zero-order chi connectivity index (χ0) is 19.8. The minimum absolute atomic E-state index is 0.0128. The van der Waals surface area contributed by atoms with E-state index in [2.05, 4.69) is 24.3 Å². The van der Waals surface area contributed by atoms with Gasteiger partial charge in [-0.05, 0) is 30.0 Å². The maximum absolute atomic E-state index is 13.9. The highest BCUT2D eigenvalue weighted by Crippen LogP contribution is 2.68. The Kier molecular flexibility index (Phi) is 3.63. The van der Waals surface area contributed by atoms with Gasteiger partial charge in [-0.2, -0.15) is 0 Å². The molecule has 0 spiro atoms. The van der Waals surface area contributed by atoms with E-state index < -0.39 is 5.41 Å². The Morgan fingerprint density at radius 1 is 1.00 bits per heavy atom. The first-order valence-corrected chi connectivity index (χ1v) is 10.5. The standard InChI is InChI=1S/C25H24O4/c1-3-28-17-13-25(17,14-9-5-4-6-10-14)20-21(26)18-19(24(20)27-2)23-16-12-8-7-11-15(16)22(18)29-23/h4-12,17-19,22-23H,3,13H2,1-2H3. The van der Waals surface area contributed by atoms with Crippen LogP contribution in [0.2, 0.25) is 0 Å². The van der Waals surface area contributed by atoms with Crippen LogP contribution in [-0.2, 0) is 24.4 Å². The maximum Gasteiger partial charge on any atom is 0.170 e. The lowest BCUT2D eigenvalue weighted by molar-refractivity contribution is -0.121. The fraction of sp³-hybridized carbons (Fsp3) is 0.400. The third-order valence-electron chi connectivity index (χ3n) is 7.26. The van der Waals surface area contributed by atoms with Gasteiger partial charge in [0.05, 0.1) is 42.7 Å². The largest absolute Gasteiger partial charge is 0.500 e. The molecule has 6 unspecified atom stereocenters. The zero-order valence-electron chi connectivity index (χ0n) is 16.6. The molecule has 2 aliphatic carbocycles. The lowest BCUT2D eigenvalue weighted by Crippen LogP contribution is -2.27. The van der Waals surface area contributed by atoms with Crippen molar-refractivity contribution in [3.05, 3.63) is 82.6 Å². The van der Waals surface area contributed by atoms with Gasteiger partial charge in [0.15, 0.2) is 5.78 Å². The summed E-state index contributed by atoms with van der Waals surface area (Å²) in [6, 6.07) is 18.6. The number of ether oxygens (including phenoxy) is 3. The van der Waals surface area contributed by atoms with Crippen molar-refractivity contribution in [2.45, 2.75) is 37.1 Å². The molecule has 2 aromatic rings. The Bertz CT molecular complexity index is 1030. The van der Waals surface area contributed by atoms with Gasteiger partial charge >= 0.3 is 0 Å². The summed E-state index contributed by atoms with van der Waals surface area (Å²) in [5.74, 6) is 0.766. The van der Waals surface area contributed by atoms with E-state index in [0.717, 1.165) is 28.9 Å². The molecule has 2 fully saturated rings. The minimum atomic E-state index is -0.407. The number of hydrogen-bond acceptors (Lipinski definition) is 4. The number of benzene rings is 2. The van der Waals surface area contributed by atoms with Gasteiger partial charge < -0.3 is 14.2 Å². The summed E-state index contributed by atoms with van der Waals surface area (Å²) >= 11 is 0. The van der Waals surface area contributed by atoms with Gasteiger partial charge in [0, 0.05) is 12.2 Å². The van der Waals surface area contributed by atoms with E-state index in [1.54, 1.807) is 7.11 Å². The Hall–Kier alpha value is -2.43. The summed E-state index contributed by atoms with van der Waals surface area (Å²) in [5, 5.41) is 0. The van der Waals surface area contributed by atoms with Crippen molar-refractivity contribution in [1.29, 1.82) is 0 Å². The predicted octanol–water partition coefficient (Wildman–Crippen LogP) is 4.28. The van der Waals surface area contributed by atoms with Gasteiger partial charge in [0.1, 0.15) is 5.76 Å². The van der Waals surface area contributed by atoms with E-state index >= 15 is 0 Å². The highest BCUT2D eigenvalue weighted by Gasteiger charge is 2.69. The molecule has 2 bridgehead atoms. The molecule has 2 heterocycles. The molecule has 1 saturated carbocycles. The van der Waals surface area contributed by atoms with Crippen LogP contribution < -0.4 is 0 Å². The second-order valence-electron chi connectivity index (χ2n) is 8.45. The van der Waals surface area contributed by atoms with Gasteiger partial charge in [0.25, 0.3) is 0 Å². The van der Waals surface area contributed by atoms with Gasteiger partial charge in [-0.1, -0.05) is 54.6 Å². The summed E-state index contributed by atoms with van der Waals surface area (Å²) in [6.45, 7) is 2.64. The number of carbonyl (C=O) groups excluding carboxylic acids is 1. The molecular formula is C25H24O4. The van der Waals surface area contributed by atoms with Crippen molar-refractivity contribution >= 4 is 5.78 Å². The molecule has 0 radical (unpaired) electrons. The van der Waals surface area contributed by atoms with Crippen LogP contribution in [0.1, 0.15) is 42.2 Å². The molecule has 0 N–H and O–H groups in total. The first kappa shape index (κ1) is 17.4. The van der Waals surface area contributed by atoms with Crippen molar-refractivity contribution in [1.82, 2.24) is 0 Å². The normalized spacial score (nSPS) is 36.3. The number of rotatable bonds is 5. The third kappa shape index (κ3) is 2.08. The lowest BCUT2D eigenvalue weighted by Gasteiger charge is -2.24. The van der Waals surface area contributed by atoms with Crippen molar-refractivity contribution in [2.24, 2.45) is 11.8 Å². The predicted molar refractivity (Wildman–Crippen MR) is 107 cm³/mol. The van der Waals surface area contributed by atoms with Crippen LogP contribution in [0, 0.1) is 11.8 Å². The zero-order valence-corrected chi connectivity index (χ0v) is 16.6. The summed E-state index contributed by atoms with van der Waals surface area (Å²) in [4.78, 5) is 13.9. The third-order valence-corrected chi connectivity index (χ3v) is 7.26. The first-order chi connectivity index (χ1) is 14.2.